The second-order valence-corrected chi connectivity index (χ2v) is 3.87. The van der Waals surface area contributed by atoms with Crippen molar-refractivity contribution in [3.8, 4) is 5.75 Å². The van der Waals surface area contributed by atoms with Crippen molar-refractivity contribution in [1.29, 1.82) is 0 Å². The number of hydrogen-bond donors (Lipinski definition) is 1. The van der Waals surface area contributed by atoms with Gasteiger partial charge in [-0.2, -0.15) is 0 Å². The minimum Gasteiger partial charge on any atom is -0.507 e. The molecule has 1 rings (SSSR count). The van der Waals surface area contributed by atoms with Crippen molar-refractivity contribution in [1.82, 2.24) is 0 Å². The van der Waals surface area contributed by atoms with Crippen LogP contribution in [0.3, 0.4) is 0 Å². The van der Waals surface area contributed by atoms with E-state index >= 15 is 0 Å². The smallest absolute Gasteiger partial charge is 0.129 e. The lowest BCUT2D eigenvalue weighted by Crippen LogP contribution is -1.84. The molecule has 0 bridgehead atoms. The van der Waals surface area contributed by atoms with Gasteiger partial charge in [-0.15, -0.1) is 0 Å². The summed E-state index contributed by atoms with van der Waals surface area (Å²) in [6.45, 7) is 0. The van der Waals surface area contributed by atoms with Crippen LogP contribution in [0.25, 0.3) is 0 Å². The van der Waals surface area contributed by atoms with Gasteiger partial charge >= 0.3 is 0 Å². The van der Waals surface area contributed by atoms with E-state index in [1.807, 2.05) is 12.1 Å². The van der Waals surface area contributed by atoms with Gasteiger partial charge in [0, 0.05) is 5.33 Å². The zero-order chi connectivity index (χ0) is 8.27. The highest BCUT2D eigenvalue weighted by molar-refractivity contribution is 9.10. The molecule has 0 saturated carbocycles. The average molecular weight is 280 g/mol. The third-order valence-electron chi connectivity index (χ3n) is 1.40. The van der Waals surface area contributed by atoms with Crippen molar-refractivity contribution in [2.24, 2.45) is 0 Å². The normalized spacial score (nSPS) is 10.0. The third-order valence-corrected chi connectivity index (χ3v) is 2.43. The van der Waals surface area contributed by atoms with Gasteiger partial charge in [0.05, 0.1) is 4.47 Å². The summed E-state index contributed by atoms with van der Waals surface area (Å²) in [5, 5.41) is 10.1. The first kappa shape index (κ1) is 9.07. The Balaban J connectivity index is 2.86. The number of benzene rings is 1. The highest BCUT2D eigenvalue weighted by Gasteiger charge is 1.97. The Bertz CT molecular complexity index is 248. The fourth-order valence-corrected chi connectivity index (χ4v) is 1.70. The molecule has 0 aliphatic carbocycles. The van der Waals surface area contributed by atoms with Gasteiger partial charge in [0.2, 0.25) is 0 Å². The summed E-state index contributed by atoms with van der Waals surface area (Å²) in [5.41, 5.74) is 1.21. The Kier molecular flexibility index (Phi) is 3.40. The molecule has 0 atom stereocenters. The maximum atomic E-state index is 9.15. The van der Waals surface area contributed by atoms with Gasteiger partial charge in [-0.3, -0.25) is 0 Å². The number of phenols is 1. The molecule has 1 nitrogen and oxygen atoms in total. The van der Waals surface area contributed by atoms with Crippen molar-refractivity contribution >= 4 is 31.9 Å². The number of aromatic hydroxyl groups is 1. The average Bonchev–Trinajstić information content (AvgIpc) is 1.98. The highest BCUT2D eigenvalue weighted by atomic mass is 79.9. The van der Waals surface area contributed by atoms with Gasteiger partial charge in [-0.25, -0.2) is 0 Å². The van der Waals surface area contributed by atoms with Crippen molar-refractivity contribution in [3.63, 3.8) is 0 Å². The Morgan fingerprint density at radius 1 is 1.36 bits per heavy atom. The molecular formula is C8H8Br2O. The third kappa shape index (κ3) is 2.49. The van der Waals surface area contributed by atoms with E-state index in [4.69, 9.17) is 5.11 Å². The van der Waals surface area contributed by atoms with Crippen LogP contribution in [0.4, 0.5) is 0 Å². The maximum Gasteiger partial charge on any atom is 0.129 e. The maximum absolute atomic E-state index is 9.15. The number of rotatable bonds is 2. The number of aryl methyl sites for hydroxylation is 1. The van der Waals surface area contributed by atoms with E-state index in [9.17, 15) is 0 Å². The van der Waals surface area contributed by atoms with Crippen LogP contribution < -0.4 is 0 Å². The van der Waals surface area contributed by atoms with Crippen LogP contribution in [0.15, 0.2) is 22.7 Å². The predicted molar refractivity (Wildman–Crippen MR) is 53.3 cm³/mol. The fraction of sp³-hybridized carbons (Fsp3) is 0.250. The van der Waals surface area contributed by atoms with E-state index in [2.05, 4.69) is 31.9 Å². The standard InChI is InChI=1S/C8H8Br2O/c9-4-3-6-1-2-8(11)7(10)5-6/h1-2,5,11H,3-4H2. The molecule has 3 heteroatoms. The molecule has 0 aliphatic heterocycles. The molecule has 0 unspecified atom stereocenters. The zero-order valence-electron chi connectivity index (χ0n) is 5.85. The first-order chi connectivity index (χ1) is 5.24. The molecule has 0 amide bonds. The van der Waals surface area contributed by atoms with Crippen LogP contribution in [0.5, 0.6) is 5.75 Å². The predicted octanol–water partition coefficient (Wildman–Crippen LogP) is 3.09. The van der Waals surface area contributed by atoms with Crippen molar-refractivity contribution < 1.29 is 5.11 Å². The molecule has 11 heavy (non-hydrogen) atoms. The Hall–Kier alpha value is -0.0200. The summed E-state index contributed by atoms with van der Waals surface area (Å²) in [5.74, 6) is 0.295. The molecular weight excluding hydrogens is 272 g/mol. The van der Waals surface area contributed by atoms with E-state index in [0.29, 0.717) is 5.75 Å². The molecule has 60 valence electrons. The minimum atomic E-state index is 0.295. The molecule has 1 aromatic rings. The Morgan fingerprint density at radius 2 is 2.09 bits per heavy atom. The van der Waals surface area contributed by atoms with E-state index in [0.717, 1.165) is 16.2 Å². The van der Waals surface area contributed by atoms with Gasteiger partial charge in [0.1, 0.15) is 5.75 Å². The molecule has 0 aromatic heterocycles. The Morgan fingerprint density at radius 3 is 2.64 bits per heavy atom. The highest BCUT2D eigenvalue weighted by Crippen LogP contribution is 2.24. The molecule has 0 saturated heterocycles. The Labute approximate surface area is 82.7 Å². The molecule has 0 radical (unpaired) electrons. The molecule has 0 spiro atoms. The van der Waals surface area contributed by atoms with Crippen LogP contribution in [0.2, 0.25) is 0 Å². The second-order valence-electron chi connectivity index (χ2n) is 2.22. The van der Waals surface area contributed by atoms with Gasteiger partial charge in [0.15, 0.2) is 0 Å². The van der Waals surface area contributed by atoms with E-state index < -0.39 is 0 Å². The summed E-state index contributed by atoms with van der Waals surface area (Å²) in [4.78, 5) is 0. The van der Waals surface area contributed by atoms with Gasteiger partial charge in [-0.1, -0.05) is 22.0 Å². The second kappa shape index (κ2) is 4.12. The molecule has 1 aromatic carbocycles. The number of halogens is 2. The topological polar surface area (TPSA) is 20.2 Å². The SMILES string of the molecule is Oc1ccc(CCBr)cc1Br. The van der Waals surface area contributed by atoms with Gasteiger partial charge in [0.25, 0.3) is 0 Å². The lowest BCUT2D eigenvalue weighted by molar-refractivity contribution is 0.471. The summed E-state index contributed by atoms with van der Waals surface area (Å²) in [7, 11) is 0. The lowest BCUT2D eigenvalue weighted by atomic mass is 10.2. The van der Waals surface area contributed by atoms with Crippen LogP contribution in [0.1, 0.15) is 5.56 Å². The zero-order valence-corrected chi connectivity index (χ0v) is 9.02. The summed E-state index contributed by atoms with van der Waals surface area (Å²) < 4.78 is 0.760. The number of phenolic OH excluding ortho intramolecular Hbond substituents is 1. The van der Waals surface area contributed by atoms with Crippen LogP contribution in [-0.4, -0.2) is 10.4 Å². The van der Waals surface area contributed by atoms with Gasteiger partial charge in [-0.05, 0) is 40.0 Å². The van der Waals surface area contributed by atoms with Crippen molar-refractivity contribution in [2.45, 2.75) is 6.42 Å². The number of alkyl halides is 1. The number of hydrogen-bond acceptors (Lipinski definition) is 1. The van der Waals surface area contributed by atoms with Crippen LogP contribution in [-0.2, 0) is 6.42 Å². The molecule has 1 N–H and O–H groups in total. The minimum absolute atomic E-state index is 0.295. The quantitative estimate of drug-likeness (QED) is 0.825. The van der Waals surface area contributed by atoms with E-state index in [1.54, 1.807) is 6.07 Å². The molecule has 0 aliphatic rings. The monoisotopic (exact) mass is 278 g/mol. The molecule has 0 fully saturated rings. The summed E-state index contributed by atoms with van der Waals surface area (Å²) in [6.07, 6.45) is 0.985. The largest absolute Gasteiger partial charge is 0.507 e. The lowest BCUT2D eigenvalue weighted by Gasteiger charge is -2.00. The fourth-order valence-electron chi connectivity index (χ4n) is 0.815. The van der Waals surface area contributed by atoms with E-state index in [1.165, 1.54) is 5.56 Å². The molecule has 0 heterocycles. The van der Waals surface area contributed by atoms with Gasteiger partial charge < -0.3 is 5.11 Å². The van der Waals surface area contributed by atoms with Crippen LogP contribution in [0, 0.1) is 0 Å². The van der Waals surface area contributed by atoms with E-state index in [-0.39, 0.29) is 0 Å². The summed E-state index contributed by atoms with van der Waals surface area (Å²) in [6, 6.07) is 5.54. The van der Waals surface area contributed by atoms with Crippen LogP contribution >= 0.6 is 31.9 Å². The van der Waals surface area contributed by atoms with Crippen molar-refractivity contribution in [2.75, 3.05) is 5.33 Å². The first-order valence-corrected chi connectivity index (χ1v) is 5.19. The summed E-state index contributed by atoms with van der Waals surface area (Å²) >= 11 is 6.60. The first-order valence-electron chi connectivity index (χ1n) is 3.27. The van der Waals surface area contributed by atoms with Crippen molar-refractivity contribution in [3.05, 3.63) is 28.2 Å².